The van der Waals surface area contributed by atoms with Gasteiger partial charge in [0.15, 0.2) is 11.5 Å². The van der Waals surface area contributed by atoms with E-state index in [0.29, 0.717) is 48.0 Å². The zero-order valence-corrected chi connectivity index (χ0v) is 19.3. The Bertz CT molecular complexity index is 1030. The fourth-order valence-electron chi connectivity index (χ4n) is 3.89. The van der Waals surface area contributed by atoms with Crippen molar-refractivity contribution in [2.45, 2.75) is 19.4 Å². The third kappa shape index (κ3) is 4.96. The molecule has 0 aromatic heterocycles. The van der Waals surface area contributed by atoms with Crippen molar-refractivity contribution in [3.05, 3.63) is 59.2 Å². The molecular weight excluding hydrogens is 426 g/mol. The van der Waals surface area contributed by atoms with Gasteiger partial charge in [0.25, 0.3) is 11.7 Å². The molecule has 2 aromatic carbocycles. The lowest BCUT2D eigenvalue weighted by molar-refractivity contribution is -0.140. The zero-order valence-electron chi connectivity index (χ0n) is 19.3. The highest BCUT2D eigenvalue weighted by atomic mass is 16.5. The molecule has 1 saturated heterocycles. The number of amides is 1. The molecule has 33 heavy (non-hydrogen) atoms. The van der Waals surface area contributed by atoms with Gasteiger partial charge in [0.2, 0.25) is 0 Å². The molecule has 1 aliphatic rings. The average Bonchev–Trinajstić information content (AvgIpc) is 3.09. The van der Waals surface area contributed by atoms with Gasteiger partial charge in [-0.25, -0.2) is 0 Å². The summed E-state index contributed by atoms with van der Waals surface area (Å²) < 4.78 is 21.3. The SMILES string of the molecule is CCOc1ccc(/C(O)=C2/C(=O)C(=O)N(CCCOC)C2c2ccc(OC)c(OC)c2)cc1. The Morgan fingerprint density at radius 1 is 1.00 bits per heavy atom. The van der Waals surface area contributed by atoms with Crippen molar-refractivity contribution >= 4 is 17.4 Å². The molecule has 8 nitrogen and oxygen atoms in total. The number of benzene rings is 2. The van der Waals surface area contributed by atoms with E-state index < -0.39 is 17.7 Å². The van der Waals surface area contributed by atoms with Gasteiger partial charge in [-0.15, -0.1) is 0 Å². The predicted octanol–water partition coefficient (Wildman–Crippen LogP) is 3.56. The van der Waals surface area contributed by atoms with Crippen LogP contribution >= 0.6 is 0 Å². The Morgan fingerprint density at radius 2 is 1.70 bits per heavy atom. The molecule has 0 radical (unpaired) electrons. The van der Waals surface area contributed by atoms with E-state index in [1.165, 1.54) is 19.1 Å². The molecule has 1 amide bonds. The normalized spacial score (nSPS) is 17.3. The van der Waals surface area contributed by atoms with E-state index in [4.69, 9.17) is 18.9 Å². The highest BCUT2D eigenvalue weighted by Gasteiger charge is 2.46. The largest absolute Gasteiger partial charge is 0.507 e. The minimum Gasteiger partial charge on any atom is -0.507 e. The molecule has 0 aliphatic carbocycles. The highest BCUT2D eigenvalue weighted by Crippen LogP contribution is 2.42. The first-order chi connectivity index (χ1) is 16.0. The number of nitrogens with zero attached hydrogens (tertiary/aromatic N) is 1. The first kappa shape index (κ1) is 24.1. The van der Waals surface area contributed by atoms with E-state index in [9.17, 15) is 14.7 Å². The smallest absolute Gasteiger partial charge is 0.295 e. The topological polar surface area (TPSA) is 94.5 Å². The first-order valence-corrected chi connectivity index (χ1v) is 10.7. The first-order valence-electron chi connectivity index (χ1n) is 10.7. The monoisotopic (exact) mass is 455 g/mol. The van der Waals surface area contributed by atoms with Gasteiger partial charge in [-0.3, -0.25) is 9.59 Å². The molecule has 1 atom stereocenters. The lowest BCUT2D eigenvalue weighted by Gasteiger charge is -2.26. The van der Waals surface area contributed by atoms with Crippen molar-refractivity contribution in [3.8, 4) is 17.2 Å². The van der Waals surface area contributed by atoms with Crippen LogP contribution in [0.1, 0.15) is 30.5 Å². The van der Waals surface area contributed by atoms with Gasteiger partial charge in [0, 0.05) is 25.8 Å². The molecule has 3 rings (SSSR count). The van der Waals surface area contributed by atoms with Crippen LogP contribution in [-0.4, -0.2) is 62.8 Å². The number of aliphatic hydroxyl groups excluding tert-OH is 1. The number of hydrogen-bond donors (Lipinski definition) is 1. The minimum absolute atomic E-state index is 0.0220. The second kappa shape index (κ2) is 10.9. The molecule has 0 spiro atoms. The fourth-order valence-corrected chi connectivity index (χ4v) is 3.89. The maximum absolute atomic E-state index is 13.1. The van der Waals surface area contributed by atoms with Crippen LogP contribution in [0.5, 0.6) is 17.2 Å². The summed E-state index contributed by atoms with van der Waals surface area (Å²) in [6.07, 6.45) is 0.538. The third-order valence-electron chi connectivity index (χ3n) is 5.45. The third-order valence-corrected chi connectivity index (χ3v) is 5.45. The summed E-state index contributed by atoms with van der Waals surface area (Å²) in [6, 6.07) is 11.1. The number of methoxy groups -OCH3 is 3. The molecule has 1 unspecified atom stereocenters. The van der Waals surface area contributed by atoms with Crippen LogP contribution in [-0.2, 0) is 14.3 Å². The van der Waals surface area contributed by atoms with Gasteiger partial charge in [-0.05, 0) is 55.3 Å². The molecule has 1 fully saturated rings. The number of hydrogen-bond acceptors (Lipinski definition) is 7. The van der Waals surface area contributed by atoms with Crippen LogP contribution in [0, 0.1) is 0 Å². The lowest BCUT2D eigenvalue weighted by atomic mass is 9.95. The van der Waals surface area contributed by atoms with E-state index in [2.05, 4.69) is 0 Å². The number of likely N-dealkylation sites (tertiary alicyclic amines) is 1. The highest BCUT2D eigenvalue weighted by molar-refractivity contribution is 6.46. The number of Topliss-reactive ketones (excluding diaryl/α,β-unsaturated/α-hetero) is 1. The van der Waals surface area contributed by atoms with Crippen LogP contribution in [0.15, 0.2) is 48.0 Å². The Kier molecular flexibility index (Phi) is 7.95. The summed E-state index contributed by atoms with van der Waals surface area (Å²) in [5.74, 6) is -0.0319. The van der Waals surface area contributed by atoms with Gasteiger partial charge in [-0.2, -0.15) is 0 Å². The standard InChI is InChI=1S/C25H29NO7/c1-5-33-18-10-7-16(8-11-18)23(27)21-22(17-9-12-19(31-3)20(15-17)32-4)26(13-6-14-30-2)25(29)24(21)28/h7-12,15,22,27H,5-6,13-14H2,1-4H3/b23-21-. The number of ketones is 1. The lowest BCUT2D eigenvalue weighted by Crippen LogP contribution is -2.31. The molecule has 1 N–H and O–H groups in total. The molecule has 1 heterocycles. The maximum Gasteiger partial charge on any atom is 0.295 e. The van der Waals surface area contributed by atoms with Gasteiger partial charge < -0.3 is 29.0 Å². The fraction of sp³-hybridized carbons (Fsp3) is 0.360. The van der Waals surface area contributed by atoms with Crippen LogP contribution in [0.3, 0.4) is 0 Å². The van der Waals surface area contributed by atoms with E-state index in [-0.39, 0.29) is 17.9 Å². The predicted molar refractivity (Wildman–Crippen MR) is 123 cm³/mol. The molecule has 8 heteroatoms. The summed E-state index contributed by atoms with van der Waals surface area (Å²) in [4.78, 5) is 27.5. The van der Waals surface area contributed by atoms with Crippen molar-refractivity contribution in [2.24, 2.45) is 0 Å². The molecule has 0 saturated carbocycles. The number of ether oxygens (including phenoxy) is 4. The van der Waals surface area contributed by atoms with E-state index in [0.717, 1.165) is 0 Å². The molecule has 2 aromatic rings. The number of aliphatic hydroxyl groups is 1. The second-order valence-electron chi connectivity index (χ2n) is 7.41. The zero-order chi connectivity index (χ0) is 24.0. The van der Waals surface area contributed by atoms with Gasteiger partial charge in [-0.1, -0.05) is 6.07 Å². The summed E-state index contributed by atoms with van der Waals surface area (Å²) in [7, 11) is 4.61. The van der Waals surface area contributed by atoms with Crippen LogP contribution in [0.25, 0.3) is 5.76 Å². The van der Waals surface area contributed by atoms with E-state index in [1.54, 1.807) is 49.6 Å². The van der Waals surface area contributed by atoms with Crippen molar-refractivity contribution in [3.63, 3.8) is 0 Å². The van der Waals surface area contributed by atoms with Crippen LogP contribution in [0.4, 0.5) is 0 Å². The summed E-state index contributed by atoms with van der Waals surface area (Å²) in [6.45, 7) is 3.11. The van der Waals surface area contributed by atoms with Crippen molar-refractivity contribution in [1.29, 1.82) is 0 Å². The molecule has 176 valence electrons. The Labute approximate surface area is 193 Å². The van der Waals surface area contributed by atoms with Crippen molar-refractivity contribution < 1.29 is 33.6 Å². The van der Waals surface area contributed by atoms with Crippen molar-refractivity contribution in [2.75, 3.05) is 41.1 Å². The van der Waals surface area contributed by atoms with E-state index in [1.807, 2.05) is 6.92 Å². The van der Waals surface area contributed by atoms with E-state index >= 15 is 0 Å². The quantitative estimate of drug-likeness (QED) is 0.253. The summed E-state index contributed by atoms with van der Waals surface area (Å²) >= 11 is 0. The number of carbonyl (C=O) groups excluding carboxylic acids is 2. The molecular formula is C25H29NO7. The summed E-state index contributed by atoms with van der Waals surface area (Å²) in [5, 5.41) is 11.1. The summed E-state index contributed by atoms with van der Waals surface area (Å²) in [5.41, 5.74) is 1.06. The van der Waals surface area contributed by atoms with Crippen molar-refractivity contribution in [1.82, 2.24) is 4.90 Å². The van der Waals surface area contributed by atoms with Gasteiger partial charge >= 0.3 is 0 Å². The van der Waals surface area contributed by atoms with Gasteiger partial charge in [0.1, 0.15) is 11.5 Å². The van der Waals surface area contributed by atoms with Crippen LogP contribution in [0.2, 0.25) is 0 Å². The van der Waals surface area contributed by atoms with Gasteiger partial charge in [0.05, 0.1) is 32.4 Å². The average molecular weight is 456 g/mol. The molecule has 1 aliphatic heterocycles. The number of carbonyl (C=O) groups is 2. The maximum atomic E-state index is 13.1. The number of rotatable bonds is 10. The minimum atomic E-state index is -0.784. The Hall–Kier alpha value is -3.52. The second-order valence-corrected chi connectivity index (χ2v) is 7.41. The van der Waals surface area contributed by atoms with Crippen LogP contribution < -0.4 is 14.2 Å². The Morgan fingerprint density at radius 3 is 2.30 bits per heavy atom. The Balaban J connectivity index is 2.12. The molecule has 0 bridgehead atoms.